The van der Waals surface area contributed by atoms with Crippen molar-refractivity contribution in [1.29, 1.82) is 0 Å². The average molecular weight is 258 g/mol. The smallest absolute Gasteiger partial charge is 0.261 e. The third-order valence-corrected chi connectivity index (χ3v) is 3.10. The van der Waals surface area contributed by atoms with Crippen LogP contribution in [-0.2, 0) is 0 Å². The second-order valence-electron chi connectivity index (χ2n) is 4.76. The number of hydrogen-bond donors (Lipinski definition) is 2. The topological polar surface area (TPSA) is 62.0 Å². The molecule has 1 unspecified atom stereocenters. The zero-order valence-corrected chi connectivity index (χ0v) is 11.2. The Morgan fingerprint density at radius 2 is 2.11 bits per heavy atom. The Morgan fingerprint density at radius 1 is 1.37 bits per heavy atom. The molecule has 0 bridgehead atoms. The lowest BCUT2D eigenvalue weighted by Gasteiger charge is -2.12. The van der Waals surface area contributed by atoms with Crippen LogP contribution in [-0.4, -0.2) is 16.9 Å². The quantitative estimate of drug-likeness (QED) is 0.884. The van der Waals surface area contributed by atoms with Gasteiger partial charge in [-0.05, 0) is 30.9 Å². The van der Waals surface area contributed by atoms with Crippen LogP contribution in [0.2, 0.25) is 0 Å². The second-order valence-corrected chi connectivity index (χ2v) is 4.76. The van der Waals surface area contributed by atoms with Gasteiger partial charge in [0.1, 0.15) is 5.56 Å². The second kappa shape index (κ2) is 5.69. The molecule has 19 heavy (non-hydrogen) atoms. The molecule has 0 aliphatic carbocycles. The molecule has 2 N–H and O–H groups in total. The van der Waals surface area contributed by atoms with Gasteiger partial charge in [-0.2, -0.15) is 0 Å². The van der Waals surface area contributed by atoms with Crippen LogP contribution in [0.5, 0.6) is 0 Å². The molecule has 0 spiro atoms. The minimum Gasteiger partial charge on any atom is -0.349 e. The summed E-state index contributed by atoms with van der Waals surface area (Å²) in [4.78, 5) is 26.7. The third-order valence-electron chi connectivity index (χ3n) is 3.10. The van der Waals surface area contributed by atoms with E-state index in [0.717, 1.165) is 23.7 Å². The van der Waals surface area contributed by atoms with E-state index in [9.17, 15) is 9.59 Å². The maximum absolute atomic E-state index is 12.1. The van der Waals surface area contributed by atoms with E-state index in [4.69, 9.17) is 0 Å². The molecule has 1 atom stereocenters. The summed E-state index contributed by atoms with van der Waals surface area (Å²) in [6.45, 7) is 4.00. The predicted octanol–water partition coefficient (Wildman–Crippen LogP) is 2.45. The number of pyridine rings is 1. The molecule has 2 rings (SSSR count). The summed E-state index contributed by atoms with van der Waals surface area (Å²) >= 11 is 0. The van der Waals surface area contributed by atoms with Crippen LogP contribution < -0.4 is 10.9 Å². The fourth-order valence-corrected chi connectivity index (χ4v) is 2.12. The normalized spacial score (nSPS) is 12.3. The summed E-state index contributed by atoms with van der Waals surface area (Å²) in [6, 6.07) is 9.13. The fourth-order valence-electron chi connectivity index (χ4n) is 2.12. The number of H-pyrrole nitrogens is 1. The van der Waals surface area contributed by atoms with Gasteiger partial charge in [0.15, 0.2) is 0 Å². The van der Waals surface area contributed by atoms with E-state index >= 15 is 0 Å². The van der Waals surface area contributed by atoms with Crippen molar-refractivity contribution in [3.63, 3.8) is 0 Å². The number of aromatic amines is 1. The average Bonchev–Trinajstić information content (AvgIpc) is 2.38. The number of carbonyl (C=O) groups excluding carboxylic acids is 1. The van der Waals surface area contributed by atoms with Crippen LogP contribution in [0.1, 0.15) is 37.0 Å². The zero-order chi connectivity index (χ0) is 13.8. The van der Waals surface area contributed by atoms with Gasteiger partial charge in [-0.15, -0.1) is 0 Å². The molecule has 1 heterocycles. The number of para-hydroxylation sites is 1. The van der Waals surface area contributed by atoms with Crippen molar-refractivity contribution in [3.05, 3.63) is 46.2 Å². The molecule has 1 aromatic heterocycles. The summed E-state index contributed by atoms with van der Waals surface area (Å²) < 4.78 is 0. The summed E-state index contributed by atoms with van der Waals surface area (Å²) in [5.74, 6) is -0.312. The lowest BCUT2D eigenvalue weighted by Crippen LogP contribution is -2.35. The van der Waals surface area contributed by atoms with Crippen LogP contribution in [0.15, 0.2) is 35.1 Å². The molecule has 0 radical (unpaired) electrons. The van der Waals surface area contributed by atoms with E-state index in [1.54, 1.807) is 6.07 Å². The largest absolute Gasteiger partial charge is 0.349 e. The molecule has 0 aliphatic heterocycles. The molecule has 0 saturated heterocycles. The number of hydrogen-bond acceptors (Lipinski definition) is 2. The van der Waals surface area contributed by atoms with Gasteiger partial charge in [0.05, 0.1) is 0 Å². The SMILES string of the molecule is CCCC(C)NC(=O)c1cc2ccccc2[nH]c1=O. The number of carbonyl (C=O) groups is 1. The lowest BCUT2D eigenvalue weighted by atomic mass is 10.1. The highest BCUT2D eigenvalue weighted by Crippen LogP contribution is 2.10. The maximum atomic E-state index is 12.1. The van der Waals surface area contributed by atoms with Crippen molar-refractivity contribution in [2.24, 2.45) is 0 Å². The van der Waals surface area contributed by atoms with E-state index in [0.29, 0.717) is 0 Å². The molecule has 1 aromatic carbocycles. The number of aromatic nitrogens is 1. The molecule has 100 valence electrons. The third kappa shape index (κ3) is 3.02. The van der Waals surface area contributed by atoms with Crippen LogP contribution in [0.4, 0.5) is 0 Å². The molecule has 1 amide bonds. The molecule has 0 saturated carbocycles. The van der Waals surface area contributed by atoms with Crippen molar-refractivity contribution in [2.75, 3.05) is 0 Å². The molecule has 0 aliphatic rings. The van der Waals surface area contributed by atoms with Gasteiger partial charge in [0.2, 0.25) is 0 Å². The van der Waals surface area contributed by atoms with Crippen LogP contribution in [0.25, 0.3) is 10.9 Å². The number of amides is 1. The van der Waals surface area contributed by atoms with E-state index in [2.05, 4.69) is 17.2 Å². The minimum atomic E-state index is -0.347. The Bertz CT molecular complexity index is 646. The Balaban J connectivity index is 2.31. The minimum absolute atomic E-state index is 0.0726. The summed E-state index contributed by atoms with van der Waals surface area (Å²) in [5.41, 5.74) is 0.562. The monoisotopic (exact) mass is 258 g/mol. The number of rotatable bonds is 4. The van der Waals surface area contributed by atoms with Gasteiger partial charge in [0, 0.05) is 11.6 Å². The van der Waals surface area contributed by atoms with Gasteiger partial charge < -0.3 is 10.3 Å². The predicted molar refractivity (Wildman–Crippen MR) is 76.4 cm³/mol. The van der Waals surface area contributed by atoms with E-state index in [1.807, 2.05) is 31.2 Å². The fraction of sp³-hybridized carbons (Fsp3) is 0.333. The lowest BCUT2D eigenvalue weighted by molar-refractivity contribution is 0.0937. The van der Waals surface area contributed by atoms with Crippen molar-refractivity contribution >= 4 is 16.8 Å². The first-order valence-electron chi connectivity index (χ1n) is 6.54. The van der Waals surface area contributed by atoms with Gasteiger partial charge in [0.25, 0.3) is 11.5 Å². The Morgan fingerprint density at radius 3 is 2.84 bits per heavy atom. The van der Waals surface area contributed by atoms with E-state index in [1.165, 1.54) is 0 Å². The van der Waals surface area contributed by atoms with Crippen LogP contribution >= 0.6 is 0 Å². The Kier molecular flexibility index (Phi) is 4.00. The van der Waals surface area contributed by atoms with Crippen LogP contribution in [0, 0.1) is 0 Å². The van der Waals surface area contributed by atoms with Gasteiger partial charge >= 0.3 is 0 Å². The highest BCUT2D eigenvalue weighted by Gasteiger charge is 2.13. The molecule has 2 aromatic rings. The first-order chi connectivity index (χ1) is 9.11. The number of benzene rings is 1. The van der Waals surface area contributed by atoms with E-state index < -0.39 is 0 Å². The van der Waals surface area contributed by atoms with Gasteiger partial charge in [-0.1, -0.05) is 31.5 Å². The molecule has 4 nitrogen and oxygen atoms in total. The van der Waals surface area contributed by atoms with Crippen molar-refractivity contribution in [2.45, 2.75) is 32.7 Å². The summed E-state index contributed by atoms with van der Waals surface area (Å²) in [7, 11) is 0. The summed E-state index contributed by atoms with van der Waals surface area (Å²) in [6.07, 6.45) is 1.90. The first-order valence-corrected chi connectivity index (χ1v) is 6.54. The summed E-state index contributed by atoms with van der Waals surface area (Å²) in [5, 5.41) is 3.70. The molecule has 4 heteroatoms. The Labute approximate surface area is 111 Å². The zero-order valence-electron chi connectivity index (χ0n) is 11.2. The highest BCUT2D eigenvalue weighted by molar-refractivity contribution is 5.97. The Hall–Kier alpha value is -2.10. The standard InChI is InChI=1S/C15H18N2O2/c1-3-6-10(2)16-14(18)12-9-11-7-4-5-8-13(11)17-15(12)19/h4-5,7-10H,3,6H2,1-2H3,(H,16,18)(H,17,19). The molecule has 0 fully saturated rings. The van der Waals surface area contributed by atoms with Crippen LogP contribution in [0.3, 0.4) is 0 Å². The maximum Gasteiger partial charge on any atom is 0.261 e. The van der Waals surface area contributed by atoms with E-state index in [-0.39, 0.29) is 23.1 Å². The van der Waals surface area contributed by atoms with Gasteiger partial charge in [-0.25, -0.2) is 0 Å². The van der Waals surface area contributed by atoms with Gasteiger partial charge in [-0.3, -0.25) is 9.59 Å². The van der Waals surface area contributed by atoms with Crippen molar-refractivity contribution in [3.8, 4) is 0 Å². The van der Waals surface area contributed by atoms with Crippen molar-refractivity contribution < 1.29 is 4.79 Å². The number of nitrogens with one attached hydrogen (secondary N) is 2. The number of fused-ring (bicyclic) bond motifs is 1. The highest BCUT2D eigenvalue weighted by atomic mass is 16.2. The van der Waals surface area contributed by atoms with Crippen molar-refractivity contribution in [1.82, 2.24) is 10.3 Å². The molecular weight excluding hydrogens is 240 g/mol. The molecular formula is C15H18N2O2. The first kappa shape index (κ1) is 13.3.